The summed E-state index contributed by atoms with van der Waals surface area (Å²) in [6.45, 7) is 7.06. The third-order valence-electron chi connectivity index (χ3n) is 17.2. The van der Waals surface area contributed by atoms with Gasteiger partial charge in [0.05, 0.1) is 37.0 Å². The van der Waals surface area contributed by atoms with Crippen LogP contribution in [0.3, 0.4) is 0 Å². The SMILES string of the molecule is CN1c2ccccc2-c2ccccc2-c2ccccc21.CN1c2ccccc2C=Cc2ccccc21.CN1c2ccccc2[Si](C)(C)c2ccccc21.COc1ccc2c(c1)Sc1cc(OC)ccc1N2C.Cc1cccc2c1Sc1ccccc1N2C. The summed E-state index contributed by atoms with van der Waals surface area (Å²) in [5.74, 6) is 1.76. The maximum Gasteiger partial charge on any atom is 0.120 e. The Hall–Kier alpha value is -9.32. The number of benzene rings is 11. The van der Waals surface area contributed by atoms with E-state index < -0.39 is 8.07 Å². The smallest absolute Gasteiger partial charge is 0.120 e. The zero-order chi connectivity index (χ0) is 61.1. The van der Waals surface area contributed by atoms with Crippen LogP contribution in [-0.4, -0.2) is 57.5 Å². The Morgan fingerprint density at radius 1 is 0.307 bits per heavy atom. The van der Waals surface area contributed by atoms with Gasteiger partial charge in [-0.05, 0) is 136 Å². The fourth-order valence-corrected chi connectivity index (χ4v) is 17.9. The maximum atomic E-state index is 5.29. The van der Waals surface area contributed by atoms with E-state index in [2.05, 4.69) is 328 Å². The number of nitrogens with zero attached hydrogens (tertiary/aromatic N) is 5. The van der Waals surface area contributed by atoms with Gasteiger partial charge in [-0.3, -0.25) is 0 Å². The number of ether oxygens (including phenoxy) is 2. The van der Waals surface area contributed by atoms with E-state index in [1.807, 2.05) is 23.9 Å². The van der Waals surface area contributed by atoms with Crippen LogP contribution in [0.4, 0.5) is 56.9 Å². The zero-order valence-electron chi connectivity index (χ0n) is 51.7. The zero-order valence-corrected chi connectivity index (χ0v) is 54.3. The molecule has 0 saturated carbocycles. The van der Waals surface area contributed by atoms with Crippen LogP contribution in [-0.2, 0) is 0 Å². The van der Waals surface area contributed by atoms with Crippen LogP contribution >= 0.6 is 23.5 Å². The van der Waals surface area contributed by atoms with Gasteiger partial charge in [-0.1, -0.05) is 206 Å². The fraction of sp³-hybridized carbons (Fsp3) is 0.128. The predicted molar refractivity (Wildman–Crippen MR) is 381 cm³/mol. The lowest BCUT2D eigenvalue weighted by Crippen LogP contribution is -2.58. The van der Waals surface area contributed by atoms with Gasteiger partial charge in [-0.15, -0.1) is 0 Å². The van der Waals surface area contributed by atoms with E-state index in [1.54, 1.807) is 36.4 Å². The molecule has 0 fully saturated rings. The predicted octanol–water partition coefficient (Wildman–Crippen LogP) is 19.8. The van der Waals surface area contributed by atoms with Gasteiger partial charge in [0.25, 0.3) is 0 Å². The molecule has 0 spiro atoms. The molecular weight excluding hydrogens is 1130 g/mol. The molecule has 438 valence electrons. The summed E-state index contributed by atoms with van der Waals surface area (Å²) in [6, 6.07) is 87.8. The highest BCUT2D eigenvalue weighted by Crippen LogP contribution is 2.51. The highest BCUT2D eigenvalue weighted by molar-refractivity contribution is 8.00. The van der Waals surface area contributed by atoms with Gasteiger partial charge in [0.1, 0.15) is 19.6 Å². The Morgan fingerprint density at radius 2 is 0.659 bits per heavy atom. The Bertz CT molecular complexity index is 4170. The van der Waals surface area contributed by atoms with E-state index >= 15 is 0 Å². The van der Waals surface area contributed by atoms with E-state index in [0.29, 0.717) is 0 Å². The van der Waals surface area contributed by atoms with Gasteiger partial charge >= 0.3 is 0 Å². The molecule has 0 saturated heterocycles. The second-order valence-electron chi connectivity index (χ2n) is 22.7. The molecular formula is C78H73N5O2S2Si. The summed E-state index contributed by atoms with van der Waals surface area (Å²) >= 11 is 3.61. The first-order valence-electron chi connectivity index (χ1n) is 29.8. The Labute approximate surface area is 529 Å². The van der Waals surface area contributed by atoms with E-state index in [0.717, 1.165) is 11.5 Å². The average molecular weight is 1200 g/mol. The standard InChI is InChI=1S/C19H15N.C15H15NO2S.C15H17NSi.C15H13N.C14H13NS/c1-20-18-12-6-4-10-16(18)14-8-2-3-9-15(14)17-11-5-7-13-19(17)20;1-16-12-6-4-10(17-2)8-14(12)19-15-9-11(18-3)5-7-13(15)16;1-16-12-8-4-6-10-14(12)17(2,3)15-11-7-5-9-13(15)16;1-16-14-8-4-2-6-12(14)10-11-13-7-3-5-9-15(13)16;1-10-6-5-8-12-14(10)16-13-9-4-3-7-11(13)15(12)2/h2-13H,1H3;4-9H,1-3H3;4-11H,1-3H3;2-11H,1H3;3-9H,1-2H3. The molecule has 5 aliphatic heterocycles. The van der Waals surface area contributed by atoms with Crippen LogP contribution < -0.4 is 44.3 Å². The quantitative estimate of drug-likeness (QED) is 0.157. The van der Waals surface area contributed by atoms with Crippen molar-refractivity contribution in [1.82, 2.24) is 0 Å². The molecule has 7 nitrogen and oxygen atoms in total. The number of para-hydroxylation sites is 7. The Morgan fingerprint density at radius 3 is 1.16 bits per heavy atom. The number of anilines is 10. The van der Waals surface area contributed by atoms with Crippen molar-refractivity contribution in [3.05, 3.63) is 265 Å². The summed E-state index contributed by atoms with van der Waals surface area (Å²) in [6.07, 6.45) is 4.36. The fourth-order valence-electron chi connectivity index (χ4n) is 12.4. The summed E-state index contributed by atoms with van der Waals surface area (Å²) in [5, 5.41) is 3.09. The van der Waals surface area contributed by atoms with Crippen LogP contribution in [0.15, 0.2) is 268 Å². The largest absolute Gasteiger partial charge is 0.497 e. The minimum absolute atomic E-state index is 0.881. The van der Waals surface area contributed by atoms with Crippen molar-refractivity contribution in [2.24, 2.45) is 0 Å². The van der Waals surface area contributed by atoms with Gasteiger partial charge in [-0.25, -0.2) is 0 Å². The number of hydrogen-bond donors (Lipinski definition) is 0. The number of aryl methyl sites for hydroxylation is 1. The van der Waals surface area contributed by atoms with Crippen molar-refractivity contribution >= 4 is 111 Å². The van der Waals surface area contributed by atoms with E-state index in [9.17, 15) is 0 Å². The first kappa shape index (κ1) is 59.0. The minimum Gasteiger partial charge on any atom is -0.497 e. The van der Waals surface area contributed by atoms with E-state index in [1.165, 1.54) is 115 Å². The lowest BCUT2D eigenvalue weighted by atomic mass is 9.95. The van der Waals surface area contributed by atoms with Crippen molar-refractivity contribution in [3.8, 4) is 33.8 Å². The molecule has 10 heteroatoms. The highest BCUT2D eigenvalue weighted by atomic mass is 32.2. The lowest BCUT2D eigenvalue weighted by Gasteiger charge is -2.39. The average Bonchev–Trinajstić information content (AvgIpc) is 1.44. The third-order valence-corrected chi connectivity index (χ3v) is 23.2. The first-order chi connectivity index (χ1) is 42.8. The molecule has 11 aromatic rings. The van der Waals surface area contributed by atoms with Crippen molar-refractivity contribution < 1.29 is 9.47 Å². The normalized spacial score (nSPS) is 13.4. The molecule has 0 atom stereocenters. The molecule has 16 rings (SSSR count). The molecule has 0 aliphatic carbocycles. The minimum atomic E-state index is -1.52. The van der Waals surface area contributed by atoms with Gasteiger partial charge in [0.2, 0.25) is 0 Å². The van der Waals surface area contributed by atoms with Gasteiger partial charge < -0.3 is 34.0 Å². The van der Waals surface area contributed by atoms with Crippen molar-refractivity contribution in [1.29, 1.82) is 0 Å². The summed E-state index contributed by atoms with van der Waals surface area (Å²) in [4.78, 5) is 16.4. The monoisotopic (exact) mass is 1200 g/mol. The van der Waals surface area contributed by atoms with E-state index in [4.69, 9.17) is 9.47 Å². The molecule has 0 N–H and O–H groups in total. The number of methoxy groups -OCH3 is 2. The molecule has 5 aliphatic rings. The van der Waals surface area contributed by atoms with Crippen LogP contribution in [0.2, 0.25) is 13.1 Å². The second-order valence-corrected chi connectivity index (χ2v) is 29.2. The van der Waals surface area contributed by atoms with Crippen molar-refractivity contribution in [2.45, 2.75) is 39.6 Å². The number of rotatable bonds is 2. The van der Waals surface area contributed by atoms with Crippen LogP contribution in [0, 0.1) is 6.92 Å². The molecule has 0 unspecified atom stereocenters. The molecule has 0 bridgehead atoms. The van der Waals surface area contributed by atoms with Crippen LogP contribution in [0.1, 0.15) is 16.7 Å². The van der Waals surface area contributed by atoms with Gasteiger partial charge in [0.15, 0.2) is 0 Å². The van der Waals surface area contributed by atoms with Gasteiger partial charge in [0, 0.05) is 100 Å². The first-order valence-corrected chi connectivity index (χ1v) is 34.4. The lowest BCUT2D eigenvalue weighted by molar-refractivity contribution is 0.413. The van der Waals surface area contributed by atoms with Crippen LogP contribution in [0.5, 0.6) is 11.5 Å². The Balaban J connectivity index is 0.000000107. The Kier molecular flexibility index (Phi) is 17.1. The topological polar surface area (TPSA) is 34.7 Å². The number of fused-ring (bicyclic) bond motifs is 13. The molecule has 0 amide bonds. The second kappa shape index (κ2) is 25.6. The van der Waals surface area contributed by atoms with Crippen LogP contribution in [0.25, 0.3) is 34.4 Å². The molecule has 0 aromatic heterocycles. The third kappa shape index (κ3) is 11.5. The summed E-state index contributed by atoms with van der Waals surface area (Å²) in [5.41, 5.74) is 21.9. The summed E-state index contributed by atoms with van der Waals surface area (Å²) < 4.78 is 10.6. The van der Waals surface area contributed by atoms with E-state index in [-0.39, 0.29) is 0 Å². The highest BCUT2D eigenvalue weighted by Gasteiger charge is 2.36. The van der Waals surface area contributed by atoms with Gasteiger partial charge in [-0.2, -0.15) is 0 Å². The number of hydrogen-bond acceptors (Lipinski definition) is 9. The molecule has 5 heterocycles. The summed E-state index contributed by atoms with van der Waals surface area (Å²) in [7, 11) is 12.5. The molecule has 88 heavy (non-hydrogen) atoms. The maximum absolute atomic E-state index is 5.29. The molecule has 11 aromatic carbocycles. The van der Waals surface area contributed by atoms with Crippen molar-refractivity contribution in [2.75, 3.05) is 74.0 Å². The molecule has 0 radical (unpaired) electrons. The van der Waals surface area contributed by atoms with Crippen molar-refractivity contribution in [3.63, 3.8) is 0 Å².